The third-order valence-corrected chi connectivity index (χ3v) is 6.54. The van der Waals surface area contributed by atoms with Gasteiger partial charge in [0.2, 0.25) is 5.78 Å². The Kier molecular flexibility index (Phi) is 11.1. The fourth-order valence-electron chi connectivity index (χ4n) is 4.24. The SMILES string of the molecule is CC(=O)C(F)(F)F.CC(F)(F)C(=O)O.FC(F)c1ccc(Nc2cc(N3CCNCC3)cc(N3CC4CC3CO4)n2)nc1. The largest absolute Gasteiger partial charge is 0.477 e. The summed E-state index contributed by atoms with van der Waals surface area (Å²) in [5.74, 6) is -5.35. The Bertz CT molecular complexity index is 1210. The molecule has 0 radical (unpaired) electrons. The highest BCUT2D eigenvalue weighted by Crippen LogP contribution is 2.35. The molecule has 238 valence electrons. The molecule has 2 bridgehead atoms. The summed E-state index contributed by atoms with van der Waals surface area (Å²) in [6.45, 7) is 6.15. The fourth-order valence-corrected chi connectivity index (χ4v) is 4.24. The number of ether oxygens (including phenoxy) is 1. The molecule has 2 atom stereocenters. The van der Waals surface area contributed by atoms with E-state index in [9.17, 15) is 40.3 Å². The van der Waals surface area contributed by atoms with Crippen molar-refractivity contribution in [1.29, 1.82) is 0 Å². The van der Waals surface area contributed by atoms with E-state index >= 15 is 0 Å². The van der Waals surface area contributed by atoms with Crippen molar-refractivity contribution in [3.63, 3.8) is 0 Å². The molecule has 17 heteroatoms. The van der Waals surface area contributed by atoms with Gasteiger partial charge in [0.05, 0.1) is 18.8 Å². The van der Waals surface area contributed by atoms with Crippen LogP contribution in [0.25, 0.3) is 0 Å². The van der Waals surface area contributed by atoms with E-state index in [0.717, 1.165) is 57.3 Å². The number of nitrogens with one attached hydrogen (secondary N) is 2. The summed E-state index contributed by atoms with van der Waals surface area (Å²) in [4.78, 5) is 32.2. The predicted octanol–water partition coefficient (Wildman–Crippen LogP) is 4.41. The summed E-state index contributed by atoms with van der Waals surface area (Å²) in [5, 5.41) is 14.1. The van der Waals surface area contributed by atoms with Gasteiger partial charge in [0, 0.05) is 76.2 Å². The molecule has 3 aliphatic rings. The van der Waals surface area contributed by atoms with Crippen LogP contribution in [-0.2, 0) is 14.3 Å². The molecule has 0 aromatic carbocycles. The number of hydrogen-bond donors (Lipinski definition) is 3. The number of anilines is 4. The van der Waals surface area contributed by atoms with Gasteiger partial charge in [0.25, 0.3) is 6.43 Å². The lowest BCUT2D eigenvalue weighted by Crippen LogP contribution is -2.43. The summed E-state index contributed by atoms with van der Waals surface area (Å²) in [7, 11) is 0. The minimum absolute atomic E-state index is 0.0909. The van der Waals surface area contributed by atoms with Crippen LogP contribution in [0.5, 0.6) is 0 Å². The highest BCUT2D eigenvalue weighted by atomic mass is 19.4. The minimum atomic E-state index is -4.64. The van der Waals surface area contributed by atoms with Crippen molar-refractivity contribution in [2.75, 3.05) is 54.4 Å². The molecule has 2 unspecified atom stereocenters. The number of ketones is 1. The monoisotopic (exact) mass is 624 g/mol. The molecule has 0 aliphatic carbocycles. The Morgan fingerprint density at radius 3 is 2.19 bits per heavy atom. The van der Waals surface area contributed by atoms with E-state index in [4.69, 9.17) is 14.8 Å². The number of rotatable bonds is 6. The van der Waals surface area contributed by atoms with Crippen LogP contribution >= 0.6 is 0 Å². The number of carbonyl (C=O) groups is 2. The van der Waals surface area contributed by atoms with Crippen LogP contribution in [0.2, 0.25) is 0 Å². The Labute approximate surface area is 242 Å². The van der Waals surface area contributed by atoms with E-state index in [2.05, 4.69) is 31.5 Å². The van der Waals surface area contributed by atoms with Gasteiger partial charge in [0.15, 0.2) is 0 Å². The number of morpholine rings is 1. The molecule has 10 nitrogen and oxygen atoms in total. The van der Waals surface area contributed by atoms with Crippen LogP contribution in [0, 0.1) is 0 Å². The summed E-state index contributed by atoms with van der Waals surface area (Å²) < 4.78 is 86.3. The Hall–Kier alpha value is -3.73. The van der Waals surface area contributed by atoms with Gasteiger partial charge in [-0.3, -0.25) is 4.79 Å². The zero-order valence-corrected chi connectivity index (χ0v) is 23.2. The van der Waals surface area contributed by atoms with Gasteiger partial charge in [-0.25, -0.2) is 23.5 Å². The molecule has 5 heterocycles. The number of carbonyl (C=O) groups excluding carboxylic acids is 1. The Balaban J connectivity index is 0.000000303. The lowest BCUT2D eigenvalue weighted by molar-refractivity contribution is -0.168. The topological polar surface area (TPSA) is 120 Å². The number of halogens is 7. The van der Waals surface area contributed by atoms with Crippen LogP contribution in [0.4, 0.5) is 53.9 Å². The number of alkyl halides is 7. The van der Waals surface area contributed by atoms with E-state index in [1.165, 1.54) is 12.3 Å². The normalized spacial score (nSPS) is 19.8. The maximum absolute atomic E-state index is 12.8. The van der Waals surface area contributed by atoms with Crippen LogP contribution in [0.1, 0.15) is 32.3 Å². The van der Waals surface area contributed by atoms with Crippen LogP contribution < -0.4 is 20.4 Å². The van der Waals surface area contributed by atoms with Crippen molar-refractivity contribution in [3.05, 3.63) is 36.0 Å². The maximum atomic E-state index is 12.8. The summed E-state index contributed by atoms with van der Waals surface area (Å²) in [6.07, 6.45) is -4.64. The number of Topliss-reactive ketones (excluding diaryl/α,β-unsaturated/α-hetero) is 1. The second-order valence-corrected chi connectivity index (χ2v) is 9.95. The number of nitrogens with zero attached hydrogens (tertiary/aromatic N) is 4. The Morgan fingerprint density at radius 1 is 1.12 bits per heavy atom. The first kappa shape index (κ1) is 33.8. The van der Waals surface area contributed by atoms with Crippen LogP contribution in [0.3, 0.4) is 0 Å². The second kappa shape index (κ2) is 14.2. The molecular weight excluding hydrogens is 593 g/mol. The molecular formula is C26H31F7N6O4. The summed E-state index contributed by atoms with van der Waals surface area (Å²) >= 11 is 0. The lowest BCUT2D eigenvalue weighted by atomic mass is 10.2. The van der Waals surface area contributed by atoms with Crippen molar-refractivity contribution in [3.8, 4) is 0 Å². The van der Waals surface area contributed by atoms with Crippen molar-refractivity contribution in [2.24, 2.45) is 0 Å². The van der Waals surface area contributed by atoms with Gasteiger partial charge < -0.3 is 30.3 Å². The average Bonchev–Trinajstić information content (AvgIpc) is 3.58. The van der Waals surface area contributed by atoms with Gasteiger partial charge in [-0.05, 0) is 18.6 Å². The highest BCUT2D eigenvalue weighted by molar-refractivity contribution is 5.81. The van der Waals surface area contributed by atoms with Gasteiger partial charge in [0.1, 0.15) is 17.5 Å². The number of fused-ring (bicyclic) bond motifs is 2. The maximum Gasteiger partial charge on any atom is 0.449 e. The number of aliphatic carboxylic acids is 1. The van der Waals surface area contributed by atoms with E-state index in [-0.39, 0.29) is 11.7 Å². The van der Waals surface area contributed by atoms with Gasteiger partial charge >= 0.3 is 18.1 Å². The summed E-state index contributed by atoms with van der Waals surface area (Å²) in [5.41, 5.74) is 1.01. The van der Waals surface area contributed by atoms with Gasteiger partial charge in [-0.1, -0.05) is 0 Å². The van der Waals surface area contributed by atoms with Crippen molar-refractivity contribution in [2.45, 2.75) is 50.9 Å². The van der Waals surface area contributed by atoms with Crippen molar-refractivity contribution in [1.82, 2.24) is 15.3 Å². The second-order valence-electron chi connectivity index (χ2n) is 9.95. The van der Waals surface area contributed by atoms with Crippen LogP contribution in [-0.4, -0.2) is 90.4 Å². The van der Waals surface area contributed by atoms with E-state index < -0.39 is 30.3 Å². The molecule has 3 N–H and O–H groups in total. The van der Waals surface area contributed by atoms with E-state index in [1.54, 1.807) is 6.07 Å². The van der Waals surface area contributed by atoms with E-state index in [1.807, 2.05) is 6.07 Å². The highest BCUT2D eigenvalue weighted by Gasteiger charge is 2.40. The number of carboxylic acid groups (broad SMARTS) is 1. The van der Waals surface area contributed by atoms with Gasteiger partial charge in [-0.15, -0.1) is 0 Å². The molecule has 43 heavy (non-hydrogen) atoms. The number of piperazine rings is 1. The van der Waals surface area contributed by atoms with E-state index in [0.29, 0.717) is 31.5 Å². The standard InChI is InChI=1S/C20H24F2N6O.C3H3F3O.C3H4F2O2/c21-20(22)13-1-2-17(24-10-13)25-18-8-14(27-5-3-23-4-6-27)9-19(26-18)28-11-16-7-15(28)12-29-16;1-2(7)3(4,5)6;1-3(4,5)2(6)7/h1-2,8-10,15-16,20,23H,3-7,11-12H2,(H,24,25,26);1H3;1H3,(H,6,7). The third kappa shape index (κ3) is 9.91. The number of aromatic nitrogens is 2. The minimum Gasteiger partial charge on any atom is -0.477 e. The van der Waals surface area contributed by atoms with Gasteiger partial charge in [-0.2, -0.15) is 22.0 Å². The number of carboxylic acids is 1. The summed E-state index contributed by atoms with van der Waals surface area (Å²) in [6, 6.07) is 7.46. The average molecular weight is 625 g/mol. The molecule has 0 spiro atoms. The zero-order valence-electron chi connectivity index (χ0n) is 23.2. The van der Waals surface area contributed by atoms with Crippen molar-refractivity contribution < 1.29 is 50.2 Å². The Morgan fingerprint density at radius 2 is 1.74 bits per heavy atom. The smallest absolute Gasteiger partial charge is 0.449 e. The molecule has 3 fully saturated rings. The molecule has 0 amide bonds. The first-order valence-electron chi connectivity index (χ1n) is 13.1. The third-order valence-electron chi connectivity index (χ3n) is 6.54. The molecule has 5 rings (SSSR count). The lowest BCUT2D eigenvalue weighted by Gasteiger charge is -2.32. The first-order valence-corrected chi connectivity index (χ1v) is 13.1. The molecule has 3 aliphatic heterocycles. The number of pyridine rings is 2. The molecule has 2 aromatic rings. The fraction of sp³-hybridized carbons (Fsp3) is 0.538. The molecule has 0 saturated carbocycles. The molecule has 2 aromatic heterocycles. The number of hydrogen-bond acceptors (Lipinski definition) is 9. The zero-order chi connectivity index (χ0) is 31.9. The first-order chi connectivity index (χ1) is 20.0. The molecule has 3 saturated heterocycles. The quantitative estimate of drug-likeness (QED) is 0.399. The predicted molar refractivity (Wildman–Crippen MR) is 142 cm³/mol. The van der Waals surface area contributed by atoms with Crippen LogP contribution in [0.15, 0.2) is 30.5 Å². The van der Waals surface area contributed by atoms with Crippen molar-refractivity contribution >= 4 is 34.9 Å².